The van der Waals surface area contributed by atoms with Gasteiger partial charge in [-0.15, -0.1) is 0 Å². The number of anilines is 1. The number of aromatic nitrogens is 1. The van der Waals surface area contributed by atoms with Gasteiger partial charge in [0, 0.05) is 26.0 Å². The first-order valence-electron chi connectivity index (χ1n) is 7.65. The Kier molecular flexibility index (Phi) is 7.10. The van der Waals surface area contributed by atoms with E-state index < -0.39 is 0 Å². The van der Waals surface area contributed by atoms with Crippen LogP contribution >= 0.6 is 0 Å². The van der Waals surface area contributed by atoms with Crippen molar-refractivity contribution in [2.45, 2.75) is 13.3 Å². The van der Waals surface area contributed by atoms with E-state index >= 15 is 0 Å². The Morgan fingerprint density at radius 3 is 2.52 bits per heavy atom. The second-order valence-electron chi connectivity index (χ2n) is 4.80. The molecule has 122 valence electrons. The van der Waals surface area contributed by atoms with Gasteiger partial charge in [0.15, 0.2) is 6.79 Å². The molecule has 0 spiro atoms. The lowest BCUT2D eigenvalue weighted by Gasteiger charge is -2.24. The third kappa shape index (κ3) is 5.09. The molecule has 0 bridgehead atoms. The number of benzene rings is 1. The third-order valence-electron chi connectivity index (χ3n) is 3.25. The lowest BCUT2D eigenvalue weighted by atomic mass is 10.1. The van der Waals surface area contributed by atoms with Crippen molar-refractivity contribution < 1.29 is 9.47 Å². The summed E-state index contributed by atoms with van der Waals surface area (Å²) in [5.74, 6) is 0.799. The van der Waals surface area contributed by atoms with E-state index in [1.165, 1.54) is 5.56 Å². The normalized spacial score (nSPS) is 13.1. The molecule has 23 heavy (non-hydrogen) atoms. The average Bonchev–Trinajstić information content (AvgIpc) is 3.10. The molecule has 0 atom stereocenters. The summed E-state index contributed by atoms with van der Waals surface area (Å²) in [6, 6.07) is 14.0. The summed E-state index contributed by atoms with van der Waals surface area (Å²) < 4.78 is 10.4. The molecule has 5 nitrogen and oxygen atoms in total. The van der Waals surface area contributed by atoms with Crippen LogP contribution in [0.25, 0.3) is 0 Å². The number of nitrogens with one attached hydrogen (secondary N) is 1. The predicted molar refractivity (Wildman–Crippen MR) is 91.6 cm³/mol. The Morgan fingerprint density at radius 1 is 1.13 bits per heavy atom. The largest absolute Gasteiger partial charge is 0.451 e. The Hall–Kier alpha value is -2.37. The highest BCUT2D eigenvalue weighted by molar-refractivity contribution is 5.57. The maximum Gasteiger partial charge on any atom is 0.208 e. The van der Waals surface area contributed by atoms with Crippen LogP contribution in [0.15, 0.2) is 66.8 Å². The lowest BCUT2D eigenvalue weighted by molar-refractivity contribution is 0.00347. The minimum Gasteiger partial charge on any atom is -0.451 e. The highest BCUT2D eigenvalue weighted by atomic mass is 16.7. The van der Waals surface area contributed by atoms with Crippen LogP contribution in [0.4, 0.5) is 5.69 Å². The molecule has 0 saturated carbocycles. The number of aryl methyl sites for hydroxylation is 1. The van der Waals surface area contributed by atoms with Crippen molar-refractivity contribution in [3.05, 3.63) is 72.4 Å². The zero-order valence-corrected chi connectivity index (χ0v) is 13.6. The number of hydrogen-bond acceptors (Lipinski definition) is 5. The van der Waals surface area contributed by atoms with Crippen molar-refractivity contribution in [3.63, 3.8) is 0 Å². The van der Waals surface area contributed by atoms with Crippen LogP contribution in [0.5, 0.6) is 0 Å². The lowest BCUT2D eigenvalue weighted by Crippen LogP contribution is -2.33. The fraction of sp³-hybridized carbons (Fsp3) is 0.278. The zero-order valence-electron chi connectivity index (χ0n) is 13.6. The van der Waals surface area contributed by atoms with Crippen LogP contribution in [0.2, 0.25) is 0 Å². The second-order valence-corrected chi connectivity index (χ2v) is 4.80. The van der Waals surface area contributed by atoms with E-state index in [1.54, 1.807) is 19.5 Å². The molecular formula is C18H23N3O2. The number of hydrazine groups is 1. The number of para-hydroxylation sites is 1. The SMILES string of the molecule is CCc1ccccc1N1NCC=C1OCOC.c1ccncc1. The molecule has 0 radical (unpaired) electrons. The van der Waals surface area contributed by atoms with E-state index in [2.05, 4.69) is 35.5 Å². The smallest absolute Gasteiger partial charge is 0.208 e. The van der Waals surface area contributed by atoms with Crippen LogP contribution in [-0.4, -0.2) is 25.4 Å². The maximum atomic E-state index is 5.52. The van der Waals surface area contributed by atoms with Gasteiger partial charge in [-0.2, -0.15) is 0 Å². The minimum atomic E-state index is 0.262. The van der Waals surface area contributed by atoms with Crippen molar-refractivity contribution >= 4 is 5.69 Å². The quantitative estimate of drug-likeness (QED) is 0.859. The van der Waals surface area contributed by atoms with E-state index in [0.29, 0.717) is 0 Å². The van der Waals surface area contributed by atoms with E-state index in [4.69, 9.17) is 9.47 Å². The zero-order chi connectivity index (χ0) is 16.3. The van der Waals surface area contributed by atoms with Gasteiger partial charge < -0.3 is 9.47 Å². The van der Waals surface area contributed by atoms with Crippen molar-refractivity contribution in [1.82, 2.24) is 10.4 Å². The fourth-order valence-electron chi connectivity index (χ4n) is 2.18. The number of hydrogen-bond donors (Lipinski definition) is 1. The van der Waals surface area contributed by atoms with Gasteiger partial charge in [-0.1, -0.05) is 31.2 Å². The van der Waals surface area contributed by atoms with Gasteiger partial charge >= 0.3 is 0 Å². The summed E-state index contributed by atoms with van der Waals surface area (Å²) in [6.45, 7) is 3.18. The first-order chi connectivity index (χ1) is 11.4. The Bertz CT molecular complexity index is 576. The van der Waals surface area contributed by atoms with E-state index in [-0.39, 0.29) is 6.79 Å². The van der Waals surface area contributed by atoms with Gasteiger partial charge in [0.2, 0.25) is 5.88 Å². The second kappa shape index (κ2) is 9.61. The molecule has 0 aliphatic carbocycles. The number of rotatable bonds is 5. The highest BCUT2D eigenvalue weighted by Crippen LogP contribution is 2.25. The molecule has 1 aromatic carbocycles. The van der Waals surface area contributed by atoms with Crippen molar-refractivity contribution in [2.24, 2.45) is 0 Å². The molecule has 1 N–H and O–H groups in total. The molecule has 2 heterocycles. The molecule has 2 aromatic rings. The highest BCUT2D eigenvalue weighted by Gasteiger charge is 2.19. The van der Waals surface area contributed by atoms with Crippen molar-refractivity contribution in [1.29, 1.82) is 0 Å². The minimum absolute atomic E-state index is 0.262. The summed E-state index contributed by atoms with van der Waals surface area (Å²) in [5.41, 5.74) is 5.69. The van der Waals surface area contributed by atoms with Crippen LogP contribution < -0.4 is 10.4 Å². The van der Waals surface area contributed by atoms with Gasteiger partial charge in [0.1, 0.15) is 0 Å². The topological polar surface area (TPSA) is 46.6 Å². The van der Waals surface area contributed by atoms with Crippen LogP contribution in [0.1, 0.15) is 12.5 Å². The number of methoxy groups -OCH3 is 1. The molecule has 1 aliphatic rings. The number of pyridine rings is 1. The first kappa shape index (κ1) is 17.0. The summed E-state index contributed by atoms with van der Waals surface area (Å²) >= 11 is 0. The molecule has 3 rings (SSSR count). The van der Waals surface area contributed by atoms with E-state index in [9.17, 15) is 0 Å². The summed E-state index contributed by atoms with van der Waals surface area (Å²) in [4.78, 5) is 3.78. The Labute approximate surface area is 137 Å². The predicted octanol–water partition coefficient (Wildman–Crippen LogP) is 3.12. The summed E-state index contributed by atoms with van der Waals surface area (Å²) in [6.07, 6.45) is 6.50. The van der Waals surface area contributed by atoms with Crippen LogP contribution in [0.3, 0.4) is 0 Å². The van der Waals surface area contributed by atoms with E-state index in [0.717, 1.165) is 24.5 Å². The van der Waals surface area contributed by atoms with Crippen molar-refractivity contribution in [3.8, 4) is 0 Å². The molecule has 5 heteroatoms. The van der Waals surface area contributed by atoms with E-state index in [1.807, 2.05) is 35.4 Å². The van der Waals surface area contributed by atoms with Crippen LogP contribution in [0, 0.1) is 0 Å². The molecule has 0 unspecified atom stereocenters. The fourth-order valence-corrected chi connectivity index (χ4v) is 2.18. The van der Waals surface area contributed by atoms with Crippen molar-refractivity contribution in [2.75, 3.05) is 25.5 Å². The molecule has 0 amide bonds. The molecular weight excluding hydrogens is 290 g/mol. The third-order valence-corrected chi connectivity index (χ3v) is 3.25. The van der Waals surface area contributed by atoms with Gasteiger partial charge in [-0.25, -0.2) is 10.4 Å². The van der Waals surface area contributed by atoms with Gasteiger partial charge in [-0.05, 0) is 36.3 Å². The maximum absolute atomic E-state index is 5.52. The average molecular weight is 313 g/mol. The Balaban J connectivity index is 0.000000268. The standard InChI is InChI=1S/C13H18N2O2.C5H5N/c1-3-11-6-4-5-7-12(11)15-13(8-9-14-15)17-10-16-2;1-2-4-6-5-3-1/h4-8,14H,3,9-10H2,1-2H3;1-5H. The first-order valence-corrected chi connectivity index (χ1v) is 7.65. The molecule has 0 saturated heterocycles. The molecule has 1 aliphatic heterocycles. The monoisotopic (exact) mass is 313 g/mol. The molecule has 1 aromatic heterocycles. The molecule has 0 fully saturated rings. The number of ether oxygens (including phenoxy) is 2. The van der Waals surface area contributed by atoms with Gasteiger partial charge in [0.25, 0.3) is 0 Å². The van der Waals surface area contributed by atoms with Gasteiger partial charge in [-0.3, -0.25) is 4.98 Å². The summed E-state index contributed by atoms with van der Waals surface area (Å²) in [7, 11) is 1.62. The summed E-state index contributed by atoms with van der Waals surface area (Å²) in [5, 5.41) is 1.97. The van der Waals surface area contributed by atoms with Gasteiger partial charge in [0.05, 0.1) is 5.69 Å². The Morgan fingerprint density at radius 2 is 1.91 bits per heavy atom. The number of nitrogens with zero attached hydrogens (tertiary/aromatic N) is 2. The van der Waals surface area contributed by atoms with Crippen LogP contribution in [-0.2, 0) is 15.9 Å².